The van der Waals surface area contributed by atoms with Crippen LogP contribution in [0.25, 0.3) is 0 Å². The lowest BCUT2D eigenvalue weighted by atomic mass is 10.0. The predicted octanol–water partition coefficient (Wildman–Crippen LogP) is 2.68. The first-order valence-corrected chi connectivity index (χ1v) is 4.99. The Bertz CT molecular complexity index is 57.2. The minimum atomic E-state index is 0. The monoisotopic (exact) mass is 218 g/mol. The minimum absolute atomic E-state index is 0. The molecule has 1 atom stereocenters. The summed E-state index contributed by atoms with van der Waals surface area (Å²) < 4.78 is 0. The molecule has 0 bridgehead atoms. The normalized spacial score (nSPS) is 12.3. The summed E-state index contributed by atoms with van der Waals surface area (Å²) in [6.07, 6.45) is 5.46. The van der Waals surface area contributed by atoms with Gasteiger partial charge >= 0.3 is 23.1 Å². The zero-order valence-corrected chi connectivity index (χ0v) is 8.08. The largest absolute Gasteiger partial charge is 0.316 e. The Kier molecular flexibility index (Phi) is 14.2. The van der Waals surface area contributed by atoms with E-state index in [0.717, 1.165) is 5.92 Å². The maximum Gasteiger partial charge on any atom is 0.316 e. The van der Waals surface area contributed by atoms with Gasteiger partial charge in [-0.15, -0.1) is 0 Å². The van der Waals surface area contributed by atoms with Crippen LogP contribution in [0.15, 0.2) is 0 Å². The van der Waals surface area contributed by atoms with E-state index in [9.17, 15) is 0 Å². The van der Waals surface area contributed by atoms with Crippen LogP contribution < -0.4 is 0 Å². The van der Waals surface area contributed by atoms with Crippen LogP contribution in [0.3, 0.4) is 0 Å². The van der Waals surface area contributed by atoms with E-state index < -0.39 is 0 Å². The Morgan fingerprint density at radius 1 is 1.30 bits per heavy atom. The smallest absolute Gasteiger partial charge is 0.0928 e. The molecule has 0 aliphatic rings. The van der Waals surface area contributed by atoms with Crippen LogP contribution in [0.2, 0.25) is 0 Å². The molecule has 60 valence electrons. The molecule has 0 aromatic rings. The van der Waals surface area contributed by atoms with Gasteiger partial charge < -0.3 is 0 Å². The van der Waals surface area contributed by atoms with Gasteiger partial charge in [0, 0.05) is 5.33 Å². The Morgan fingerprint density at radius 3 is 2.30 bits per heavy atom. The molecule has 0 aliphatic heterocycles. The average molecular weight is 219 g/mol. The van der Waals surface area contributed by atoms with Crippen molar-refractivity contribution in [3.8, 4) is 0 Å². The van der Waals surface area contributed by atoms with Crippen LogP contribution in [0.4, 0.5) is 0 Å². The molecule has 0 heterocycles. The van der Waals surface area contributed by atoms with Gasteiger partial charge in [0.05, 0.1) is 0 Å². The van der Waals surface area contributed by atoms with Gasteiger partial charge in [0.25, 0.3) is 0 Å². The molecule has 0 aromatic carbocycles. The van der Waals surface area contributed by atoms with E-state index in [0.29, 0.717) is 0 Å². The fraction of sp³-hybridized carbons (Fsp3) is 1.00. The van der Waals surface area contributed by atoms with Gasteiger partial charge in [-0.3, -0.25) is 0 Å². The highest BCUT2D eigenvalue weighted by atomic mass is 79.9. The third kappa shape index (κ3) is 9.25. The lowest BCUT2D eigenvalue weighted by Crippen LogP contribution is -1.93. The van der Waals surface area contributed by atoms with Crippen LogP contribution in [0.1, 0.15) is 39.5 Å². The minimum Gasteiger partial charge on any atom is -0.0928 e. The van der Waals surface area contributed by atoms with Crippen LogP contribution >= 0.6 is 15.9 Å². The van der Waals surface area contributed by atoms with E-state index >= 15 is 0 Å². The molecule has 2 heteroatoms. The quantitative estimate of drug-likeness (QED) is 0.493. The topological polar surface area (TPSA) is 0 Å². The molecule has 0 radical (unpaired) electrons. The second-order valence-electron chi connectivity index (χ2n) is 2.73. The van der Waals surface area contributed by atoms with Gasteiger partial charge in [-0.05, 0) is 18.8 Å². The van der Waals surface area contributed by atoms with Gasteiger partial charge in [0.1, 0.15) is 0 Å². The maximum absolute atomic E-state index is 3.43. The molecule has 0 amide bonds. The molecule has 0 N–H and O–H groups in total. The first-order valence-electron chi connectivity index (χ1n) is 3.87. The van der Waals surface area contributed by atoms with Crippen molar-refractivity contribution in [3.05, 3.63) is 0 Å². The molecule has 0 saturated carbocycles. The van der Waals surface area contributed by atoms with Gasteiger partial charge in [-0.1, -0.05) is 42.6 Å². The number of hydrogen-bond donors (Lipinski definition) is 0. The highest BCUT2D eigenvalue weighted by molar-refractivity contribution is 9.09. The van der Waals surface area contributed by atoms with Crippen LogP contribution in [0.5, 0.6) is 0 Å². The van der Waals surface area contributed by atoms with Gasteiger partial charge in [0.15, 0.2) is 0 Å². The van der Waals surface area contributed by atoms with E-state index in [1.165, 1.54) is 31.0 Å². The van der Waals surface area contributed by atoms with E-state index in [4.69, 9.17) is 0 Å². The summed E-state index contributed by atoms with van der Waals surface area (Å²) in [5, 5.41) is 1.17. The molecule has 0 saturated heterocycles. The van der Waals surface area contributed by atoms with Crippen molar-refractivity contribution in [1.29, 1.82) is 0 Å². The van der Waals surface area contributed by atoms with Crippen molar-refractivity contribution in [1.82, 2.24) is 0 Å². The molecule has 0 aromatic heterocycles. The number of alkyl halides is 1. The van der Waals surface area contributed by atoms with Crippen molar-refractivity contribution < 1.29 is 0 Å². The summed E-state index contributed by atoms with van der Waals surface area (Å²) in [5.74, 6) is 0.938. The Balaban J connectivity index is 0. The predicted molar refractivity (Wildman–Crippen MR) is 55.6 cm³/mol. The molecular weight excluding hydrogens is 200 g/mol. The number of rotatable bonds is 5. The Morgan fingerprint density at radius 2 is 1.90 bits per heavy atom. The van der Waals surface area contributed by atoms with Crippen molar-refractivity contribution in [3.63, 3.8) is 0 Å². The van der Waals surface area contributed by atoms with Crippen molar-refractivity contribution in [2.45, 2.75) is 39.5 Å². The van der Waals surface area contributed by atoms with Crippen molar-refractivity contribution >= 4 is 39.0 Å². The third-order valence-corrected chi connectivity index (χ3v) is 2.17. The Hall–Kier alpha value is 1.25. The summed E-state index contributed by atoms with van der Waals surface area (Å²) in [5.41, 5.74) is 0. The van der Waals surface area contributed by atoms with Crippen LogP contribution in [-0.2, 0) is 0 Å². The van der Waals surface area contributed by atoms with Crippen LogP contribution in [0, 0.1) is 5.92 Å². The summed E-state index contributed by atoms with van der Waals surface area (Å²) >= 11 is 3.43. The second kappa shape index (κ2) is 10.2. The van der Waals surface area contributed by atoms with E-state index in [-0.39, 0.29) is 23.1 Å². The van der Waals surface area contributed by atoms with Crippen LogP contribution in [-0.4, -0.2) is 28.4 Å². The standard InChI is InChI=1S/C8H17Br.Mg.2H/c1-3-5-8(2)6-4-7-9;;;/h8H,3-7H2,1-2H3;;;. The first-order chi connectivity index (χ1) is 4.31. The molecule has 0 rings (SSSR count). The molecule has 1 unspecified atom stereocenters. The SMILES string of the molecule is CCCC(C)CCCBr.[MgH2]. The lowest BCUT2D eigenvalue weighted by molar-refractivity contribution is 0.483. The average Bonchev–Trinajstić information content (AvgIpc) is 1.85. The highest BCUT2D eigenvalue weighted by Gasteiger charge is 1.97. The zero-order chi connectivity index (χ0) is 7.11. The molecule has 10 heavy (non-hydrogen) atoms. The number of hydrogen-bond acceptors (Lipinski definition) is 0. The van der Waals surface area contributed by atoms with Gasteiger partial charge in [-0.25, -0.2) is 0 Å². The van der Waals surface area contributed by atoms with E-state index in [1.807, 2.05) is 0 Å². The fourth-order valence-electron chi connectivity index (χ4n) is 1.06. The molecule has 0 fully saturated rings. The third-order valence-electron chi connectivity index (χ3n) is 1.61. The zero-order valence-electron chi connectivity index (χ0n) is 6.49. The van der Waals surface area contributed by atoms with Gasteiger partial charge in [-0.2, -0.15) is 0 Å². The number of halogens is 1. The highest BCUT2D eigenvalue weighted by Crippen LogP contribution is 2.12. The first kappa shape index (κ1) is 13.8. The Labute approximate surface area is 89.4 Å². The summed E-state index contributed by atoms with van der Waals surface area (Å²) in [6, 6.07) is 0. The molecule has 0 aliphatic carbocycles. The summed E-state index contributed by atoms with van der Waals surface area (Å²) in [6.45, 7) is 4.59. The lowest BCUT2D eigenvalue weighted by Gasteiger charge is -2.06. The van der Waals surface area contributed by atoms with Gasteiger partial charge in [0.2, 0.25) is 0 Å². The van der Waals surface area contributed by atoms with E-state index in [1.54, 1.807) is 0 Å². The van der Waals surface area contributed by atoms with E-state index in [2.05, 4.69) is 29.8 Å². The van der Waals surface area contributed by atoms with Crippen molar-refractivity contribution in [2.75, 3.05) is 5.33 Å². The fourth-order valence-corrected chi connectivity index (χ4v) is 1.39. The molecule has 0 nitrogen and oxygen atoms in total. The van der Waals surface area contributed by atoms with Crippen molar-refractivity contribution in [2.24, 2.45) is 5.92 Å². The molecule has 0 spiro atoms. The molecular formula is C8H19BrMg. The summed E-state index contributed by atoms with van der Waals surface area (Å²) in [4.78, 5) is 0. The maximum atomic E-state index is 3.43. The summed E-state index contributed by atoms with van der Waals surface area (Å²) in [7, 11) is 0. The second-order valence-corrected chi connectivity index (χ2v) is 3.52.